The lowest BCUT2D eigenvalue weighted by atomic mass is 10.3. The van der Waals surface area contributed by atoms with Gasteiger partial charge in [0.2, 0.25) is 0 Å². The minimum absolute atomic E-state index is 0.356. The van der Waals surface area contributed by atoms with Crippen molar-refractivity contribution in [3.05, 3.63) is 24.0 Å². The number of nitrogens with zero attached hydrogens (tertiary/aromatic N) is 1. The SMILES string of the molecule is [2H]c1nc([2H])c(N)c(C([2H])([2H])[2H])c1[2H]. The van der Waals surface area contributed by atoms with Crippen LogP contribution >= 0.6 is 0 Å². The highest BCUT2D eigenvalue weighted by Gasteiger charge is 1.85. The molecule has 1 rings (SSSR count). The predicted molar refractivity (Wildman–Crippen MR) is 33.4 cm³/mol. The second kappa shape index (κ2) is 1.82. The topological polar surface area (TPSA) is 38.9 Å². The summed E-state index contributed by atoms with van der Waals surface area (Å²) in [6, 6.07) is -0.543. The molecule has 42 valence electrons. The van der Waals surface area contributed by atoms with Crippen molar-refractivity contribution in [1.82, 2.24) is 4.98 Å². The van der Waals surface area contributed by atoms with E-state index in [0.717, 1.165) is 0 Å². The van der Waals surface area contributed by atoms with Crippen LogP contribution in [0.5, 0.6) is 0 Å². The molecule has 2 nitrogen and oxygen atoms in total. The third-order valence-corrected chi connectivity index (χ3v) is 0.682. The average Bonchev–Trinajstić information content (AvgIpc) is 1.98. The summed E-state index contributed by atoms with van der Waals surface area (Å²) >= 11 is 0. The molecular weight excluding hydrogens is 100 g/mol. The summed E-state index contributed by atoms with van der Waals surface area (Å²) in [6.45, 7) is -2.59. The van der Waals surface area contributed by atoms with E-state index in [4.69, 9.17) is 14.0 Å². The lowest BCUT2D eigenvalue weighted by molar-refractivity contribution is 1.29. The fraction of sp³-hybridized carbons (Fsp3) is 0.167. The van der Waals surface area contributed by atoms with Crippen LogP contribution in [0.15, 0.2) is 18.4 Å². The second-order valence-corrected chi connectivity index (χ2v) is 1.25. The van der Waals surface area contributed by atoms with Crippen molar-refractivity contribution < 1.29 is 8.22 Å². The quantitative estimate of drug-likeness (QED) is 0.546. The van der Waals surface area contributed by atoms with E-state index in [0.29, 0.717) is 0 Å². The van der Waals surface area contributed by atoms with E-state index in [1.807, 2.05) is 0 Å². The normalized spacial score (nSPS) is 21.5. The molecule has 0 saturated heterocycles. The Morgan fingerprint density at radius 3 is 3.62 bits per heavy atom. The van der Waals surface area contributed by atoms with Gasteiger partial charge in [-0.25, -0.2) is 0 Å². The van der Waals surface area contributed by atoms with Gasteiger partial charge in [0.25, 0.3) is 0 Å². The van der Waals surface area contributed by atoms with Crippen molar-refractivity contribution in [2.75, 3.05) is 5.73 Å². The molecule has 0 aliphatic rings. The van der Waals surface area contributed by atoms with Gasteiger partial charge in [0.1, 0.15) is 0 Å². The molecule has 0 fully saturated rings. The Morgan fingerprint density at radius 1 is 2.00 bits per heavy atom. The molecule has 0 amide bonds. The summed E-state index contributed by atoms with van der Waals surface area (Å²) in [5.41, 5.74) is 4.50. The maximum atomic E-state index is 7.32. The molecule has 8 heavy (non-hydrogen) atoms. The molecule has 1 aromatic rings. The minimum atomic E-state index is -2.59. The average molecular weight is 114 g/mol. The number of rotatable bonds is 0. The van der Waals surface area contributed by atoms with Crippen LogP contribution in [-0.2, 0) is 0 Å². The first-order valence-corrected chi connectivity index (χ1v) is 1.99. The largest absolute Gasteiger partial charge is 0.397 e. The van der Waals surface area contributed by atoms with Crippen LogP contribution < -0.4 is 5.73 Å². The van der Waals surface area contributed by atoms with Crippen LogP contribution in [0.3, 0.4) is 0 Å². The molecule has 0 aliphatic heterocycles. The van der Waals surface area contributed by atoms with Crippen LogP contribution in [-0.4, -0.2) is 4.98 Å². The van der Waals surface area contributed by atoms with Gasteiger partial charge >= 0.3 is 0 Å². The summed E-state index contributed by atoms with van der Waals surface area (Å²) < 4.78 is 42.9. The Bertz CT molecular complexity index is 345. The number of nitrogens with two attached hydrogens (primary N) is 1. The zero-order chi connectivity index (χ0) is 11.1. The van der Waals surface area contributed by atoms with E-state index in [9.17, 15) is 0 Å². The monoisotopic (exact) mass is 114 g/mol. The fourth-order valence-corrected chi connectivity index (χ4v) is 0.295. The second-order valence-electron chi connectivity index (χ2n) is 1.25. The third-order valence-electron chi connectivity index (χ3n) is 0.682. The zero-order valence-electron chi connectivity index (χ0n) is 10.0. The van der Waals surface area contributed by atoms with Crippen LogP contribution in [0.25, 0.3) is 0 Å². The lowest BCUT2D eigenvalue weighted by Crippen LogP contribution is -1.88. The Morgan fingerprint density at radius 2 is 2.88 bits per heavy atom. The number of nitrogen functional groups attached to an aromatic ring is 1. The molecule has 0 atom stereocenters. The van der Waals surface area contributed by atoms with Crippen molar-refractivity contribution >= 4 is 5.69 Å². The summed E-state index contributed by atoms with van der Waals surface area (Å²) in [5.74, 6) is 0. The van der Waals surface area contributed by atoms with Crippen molar-refractivity contribution in [3.63, 3.8) is 0 Å². The number of hydrogen-bond donors (Lipinski definition) is 1. The molecule has 0 spiro atoms. The van der Waals surface area contributed by atoms with Gasteiger partial charge in [-0.05, 0) is 18.5 Å². The molecule has 1 aromatic heterocycles. The van der Waals surface area contributed by atoms with Gasteiger partial charge in [-0.15, -0.1) is 0 Å². The van der Waals surface area contributed by atoms with Gasteiger partial charge in [0, 0.05) is 16.5 Å². The molecule has 0 aromatic carbocycles. The van der Waals surface area contributed by atoms with E-state index in [-0.39, 0.29) is 5.69 Å². The molecule has 0 radical (unpaired) electrons. The van der Waals surface area contributed by atoms with Crippen molar-refractivity contribution in [1.29, 1.82) is 0 Å². The van der Waals surface area contributed by atoms with Crippen molar-refractivity contribution in [2.24, 2.45) is 0 Å². The molecule has 0 saturated carbocycles. The smallest absolute Gasteiger partial charge is 0.0862 e. The molecule has 0 aliphatic carbocycles. The van der Waals surface area contributed by atoms with E-state index < -0.39 is 30.8 Å². The van der Waals surface area contributed by atoms with E-state index >= 15 is 0 Å². The number of pyridine rings is 1. The molecular formula is C6H8N2. The van der Waals surface area contributed by atoms with Gasteiger partial charge in [0.05, 0.1) is 9.80 Å². The van der Waals surface area contributed by atoms with Gasteiger partial charge in [-0.3, -0.25) is 4.98 Å². The Hall–Kier alpha value is -1.05. The number of anilines is 1. The Kier molecular flexibility index (Phi) is 0.334. The van der Waals surface area contributed by atoms with Crippen LogP contribution in [0, 0.1) is 6.85 Å². The van der Waals surface area contributed by atoms with E-state index in [1.165, 1.54) is 0 Å². The first-order chi connectivity index (χ1) is 6.25. The maximum Gasteiger partial charge on any atom is 0.0862 e. The first-order valence-electron chi connectivity index (χ1n) is 4.99. The standard InChI is InChI=1S/C6H8N2/c1-5-2-3-8-4-6(5)7/h2-4H,7H2,1H3/i1D3,2D,3D,4D. The lowest BCUT2D eigenvalue weighted by Gasteiger charge is -1.92. The Balaban J connectivity index is 3.56. The predicted octanol–water partition coefficient (Wildman–Crippen LogP) is 0.972. The summed E-state index contributed by atoms with van der Waals surface area (Å²) in [5, 5.41) is 0. The molecule has 2 N–H and O–H groups in total. The summed E-state index contributed by atoms with van der Waals surface area (Å²) in [4.78, 5) is 3.32. The molecule has 0 bridgehead atoms. The van der Waals surface area contributed by atoms with Gasteiger partial charge in [-0.2, -0.15) is 0 Å². The zero-order valence-corrected chi connectivity index (χ0v) is 4.02. The van der Waals surface area contributed by atoms with Gasteiger partial charge in [-0.1, -0.05) is 0 Å². The highest BCUT2D eigenvalue weighted by Crippen LogP contribution is 2.03. The van der Waals surface area contributed by atoms with Crippen LogP contribution in [0.2, 0.25) is 0 Å². The van der Waals surface area contributed by atoms with E-state index in [1.54, 1.807) is 0 Å². The highest BCUT2D eigenvalue weighted by molar-refractivity contribution is 5.42. The van der Waals surface area contributed by atoms with Crippen LogP contribution in [0.1, 0.15) is 13.8 Å². The minimum Gasteiger partial charge on any atom is -0.397 e. The Labute approximate surface area is 56.8 Å². The first kappa shape index (κ1) is 1.47. The summed E-state index contributed by atoms with van der Waals surface area (Å²) in [6.07, 6.45) is -1.02. The highest BCUT2D eigenvalue weighted by atomic mass is 14.7. The molecule has 1 heterocycles. The number of hydrogen-bond acceptors (Lipinski definition) is 2. The van der Waals surface area contributed by atoms with Crippen molar-refractivity contribution in [3.8, 4) is 0 Å². The van der Waals surface area contributed by atoms with Crippen LogP contribution in [0.4, 0.5) is 5.69 Å². The van der Waals surface area contributed by atoms with Gasteiger partial charge < -0.3 is 5.73 Å². The van der Waals surface area contributed by atoms with Crippen molar-refractivity contribution in [2.45, 2.75) is 6.85 Å². The number of aromatic nitrogens is 1. The molecule has 2 heteroatoms. The summed E-state index contributed by atoms with van der Waals surface area (Å²) in [7, 11) is 0. The maximum absolute atomic E-state index is 7.32. The third kappa shape index (κ3) is 0.780. The van der Waals surface area contributed by atoms with E-state index in [2.05, 4.69) is 4.98 Å². The van der Waals surface area contributed by atoms with Gasteiger partial charge in [0.15, 0.2) is 0 Å². The fourth-order valence-electron chi connectivity index (χ4n) is 0.295. The molecule has 0 unspecified atom stereocenters.